The lowest BCUT2D eigenvalue weighted by Crippen LogP contribution is -2.38. The summed E-state index contributed by atoms with van der Waals surface area (Å²) in [5, 5.41) is 3.12. The van der Waals surface area contributed by atoms with Crippen LogP contribution in [0.15, 0.2) is 12.2 Å². The quantitative estimate of drug-likeness (QED) is 0.693. The largest absolute Gasteiger partial charge is 0.353 e. The fraction of sp³-hybridized carbons (Fsp3) is 0.769. The van der Waals surface area contributed by atoms with E-state index in [1.54, 1.807) is 0 Å². The summed E-state index contributed by atoms with van der Waals surface area (Å²) in [5.74, 6) is 1.22. The molecule has 1 aliphatic carbocycles. The Morgan fingerprint density at radius 1 is 1.53 bits per heavy atom. The molecule has 0 heterocycles. The second-order valence-corrected chi connectivity index (χ2v) is 4.80. The monoisotopic (exact) mass is 209 g/mol. The Morgan fingerprint density at radius 2 is 2.27 bits per heavy atom. The predicted molar refractivity (Wildman–Crippen MR) is 63.5 cm³/mol. The molecule has 0 fully saturated rings. The molecular formula is C13H23NO. The molecule has 1 rings (SSSR count). The number of nitrogens with one attached hydrogen (secondary N) is 1. The molecule has 1 N–H and O–H groups in total. The molecule has 0 radical (unpaired) electrons. The molecule has 0 aromatic heterocycles. The number of allylic oxidation sites excluding steroid dienone is 2. The maximum atomic E-state index is 11.7. The van der Waals surface area contributed by atoms with Gasteiger partial charge < -0.3 is 5.32 Å². The number of carbonyl (C=O) groups is 1. The first kappa shape index (κ1) is 12.3. The molecule has 1 aliphatic rings. The van der Waals surface area contributed by atoms with E-state index < -0.39 is 0 Å². The molecule has 0 aliphatic heterocycles. The van der Waals surface area contributed by atoms with Crippen molar-refractivity contribution in [1.29, 1.82) is 0 Å². The zero-order valence-corrected chi connectivity index (χ0v) is 10.1. The Bertz CT molecular complexity index is 233. The van der Waals surface area contributed by atoms with Gasteiger partial charge in [0.1, 0.15) is 0 Å². The van der Waals surface area contributed by atoms with Crippen LogP contribution < -0.4 is 5.32 Å². The van der Waals surface area contributed by atoms with Gasteiger partial charge in [0.05, 0.1) is 0 Å². The van der Waals surface area contributed by atoms with Crippen molar-refractivity contribution in [3.63, 3.8) is 0 Å². The Hall–Kier alpha value is -0.790. The molecule has 15 heavy (non-hydrogen) atoms. The molecule has 2 nitrogen and oxygen atoms in total. The molecule has 0 bridgehead atoms. The van der Waals surface area contributed by atoms with Crippen LogP contribution in [0.25, 0.3) is 0 Å². The van der Waals surface area contributed by atoms with Gasteiger partial charge in [0.2, 0.25) is 5.91 Å². The summed E-state index contributed by atoms with van der Waals surface area (Å²) in [5.41, 5.74) is 0. The normalized spacial score (nSPS) is 22.0. The first-order chi connectivity index (χ1) is 7.13. The van der Waals surface area contributed by atoms with Crippen LogP contribution in [-0.2, 0) is 4.79 Å². The topological polar surface area (TPSA) is 29.1 Å². The number of carbonyl (C=O) groups excluding carboxylic acids is 1. The molecule has 2 heteroatoms. The molecule has 0 unspecified atom stereocenters. The maximum absolute atomic E-state index is 11.7. The summed E-state index contributed by atoms with van der Waals surface area (Å²) in [6, 6.07) is 0.336. The van der Waals surface area contributed by atoms with Gasteiger partial charge in [-0.3, -0.25) is 4.79 Å². The van der Waals surface area contributed by atoms with Gasteiger partial charge in [-0.1, -0.05) is 32.9 Å². The van der Waals surface area contributed by atoms with Crippen molar-refractivity contribution in [1.82, 2.24) is 5.32 Å². The summed E-state index contributed by atoms with van der Waals surface area (Å²) in [4.78, 5) is 11.7. The Morgan fingerprint density at radius 3 is 2.73 bits per heavy atom. The van der Waals surface area contributed by atoms with Crippen molar-refractivity contribution < 1.29 is 4.79 Å². The van der Waals surface area contributed by atoms with Crippen LogP contribution in [0.4, 0.5) is 0 Å². The summed E-state index contributed by atoms with van der Waals surface area (Å²) in [6.07, 6.45) is 8.32. The van der Waals surface area contributed by atoms with E-state index in [0.29, 0.717) is 24.3 Å². The molecule has 0 saturated heterocycles. The lowest BCUT2D eigenvalue weighted by molar-refractivity contribution is -0.122. The standard InChI is InChI=1S/C13H23NO/c1-4-12(10(2)3)14-13(15)9-11-7-5-6-8-11/h5,7,10-12H,4,6,8-9H2,1-3H3,(H,14,15)/t11-,12-/m1/s1. The smallest absolute Gasteiger partial charge is 0.220 e. The van der Waals surface area contributed by atoms with E-state index in [9.17, 15) is 4.79 Å². The fourth-order valence-electron chi connectivity index (χ4n) is 2.11. The average Bonchev–Trinajstić information content (AvgIpc) is 2.66. The van der Waals surface area contributed by atoms with Gasteiger partial charge in [0.25, 0.3) is 0 Å². The van der Waals surface area contributed by atoms with E-state index in [-0.39, 0.29) is 5.91 Å². The highest BCUT2D eigenvalue weighted by Crippen LogP contribution is 2.20. The third-order valence-corrected chi connectivity index (χ3v) is 3.15. The first-order valence-corrected chi connectivity index (χ1v) is 6.09. The predicted octanol–water partition coefficient (Wildman–Crippen LogP) is 2.89. The van der Waals surface area contributed by atoms with Gasteiger partial charge >= 0.3 is 0 Å². The molecule has 0 spiro atoms. The molecule has 1 amide bonds. The number of hydrogen-bond acceptors (Lipinski definition) is 1. The zero-order chi connectivity index (χ0) is 11.3. The van der Waals surface area contributed by atoms with E-state index in [4.69, 9.17) is 0 Å². The highest BCUT2D eigenvalue weighted by molar-refractivity contribution is 5.76. The molecular weight excluding hydrogens is 186 g/mol. The minimum atomic E-state index is 0.215. The van der Waals surface area contributed by atoms with Crippen molar-refractivity contribution >= 4 is 5.91 Å². The van der Waals surface area contributed by atoms with E-state index in [1.165, 1.54) is 0 Å². The zero-order valence-electron chi connectivity index (χ0n) is 10.1. The van der Waals surface area contributed by atoms with Gasteiger partial charge in [-0.25, -0.2) is 0 Å². The van der Waals surface area contributed by atoms with Gasteiger partial charge in [-0.15, -0.1) is 0 Å². The highest BCUT2D eigenvalue weighted by Gasteiger charge is 2.17. The van der Waals surface area contributed by atoms with Crippen molar-refractivity contribution in [3.05, 3.63) is 12.2 Å². The van der Waals surface area contributed by atoms with Crippen molar-refractivity contribution in [3.8, 4) is 0 Å². The maximum Gasteiger partial charge on any atom is 0.220 e. The molecule has 0 saturated carbocycles. The van der Waals surface area contributed by atoms with Crippen LogP contribution >= 0.6 is 0 Å². The van der Waals surface area contributed by atoms with Crippen molar-refractivity contribution in [2.45, 2.75) is 52.5 Å². The van der Waals surface area contributed by atoms with Crippen LogP contribution in [0, 0.1) is 11.8 Å². The van der Waals surface area contributed by atoms with E-state index in [2.05, 4.69) is 38.2 Å². The van der Waals surface area contributed by atoms with Gasteiger partial charge in [0, 0.05) is 12.5 Å². The van der Waals surface area contributed by atoms with Crippen LogP contribution in [0.1, 0.15) is 46.5 Å². The number of hydrogen-bond donors (Lipinski definition) is 1. The lowest BCUT2D eigenvalue weighted by Gasteiger charge is -2.21. The van der Waals surface area contributed by atoms with Crippen LogP contribution in [-0.4, -0.2) is 11.9 Å². The third kappa shape index (κ3) is 4.06. The summed E-state index contributed by atoms with van der Waals surface area (Å²) >= 11 is 0. The van der Waals surface area contributed by atoms with Crippen LogP contribution in [0.5, 0.6) is 0 Å². The van der Waals surface area contributed by atoms with Gasteiger partial charge in [-0.2, -0.15) is 0 Å². The van der Waals surface area contributed by atoms with Gasteiger partial charge in [-0.05, 0) is 31.1 Å². The second-order valence-electron chi connectivity index (χ2n) is 4.80. The van der Waals surface area contributed by atoms with E-state index in [0.717, 1.165) is 19.3 Å². The van der Waals surface area contributed by atoms with Crippen molar-refractivity contribution in [2.24, 2.45) is 11.8 Å². The van der Waals surface area contributed by atoms with E-state index in [1.807, 2.05) is 0 Å². The summed E-state index contributed by atoms with van der Waals surface area (Å²) in [7, 11) is 0. The molecule has 0 aromatic rings. The molecule has 86 valence electrons. The van der Waals surface area contributed by atoms with Crippen molar-refractivity contribution in [2.75, 3.05) is 0 Å². The Labute approximate surface area is 93.1 Å². The fourth-order valence-corrected chi connectivity index (χ4v) is 2.11. The Balaban J connectivity index is 2.30. The molecule has 0 aromatic carbocycles. The third-order valence-electron chi connectivity index (χ3n) is 3.15. The van der Waals surface area contributed by atoms with E-state index >= 15 is 0 Å². The first-order valence-electron chi connectivity index (χ1n) is 6.09. The number of amides is 1. The second kappa shape index (κ2) is 5.94. The minimum absolute atomic E-state index is 0.215. The van der Waals surface area contributed by atoms with Crippen LogP contribution in [0.3, 0.4) is 0 Å². The Kier molecular flexibility index (Phi) is 4.86. The minimum Gasteiger partial charge on any atom is -0.353 e. The highest BCUT2D eigenvalue weighted by atomic mass is 16.1. The van der Waals surface area contributed by atoms with Crippen LogP contribution in [0.2, 0.25) is 0 Å². The summed E-state index contributed by atoms with van der Waals surface area (Å²) in [6.45, 7) is 6.44. The molecule has 2 atom stereocenters. The average molecular weight is 209 g/mol. The SMILES string of the molecule is CC[C@@H](NC(=O)C[C@@H]1C=CCC1)C(C)C. The lowest BCUT2D eigenvalue weighted by atomic mass is 10.00. The number of rotatable bonds is 5. The summed E-state index contributed by atoms with van der Waals surface area (Å²) < 4.78 is 0. The van der Waals surface area contributed by atoms with Gasteiger partial charge in [0.15, 0.2) is 0 Å².